The molecule has 0 heterocycles. The summed E-state index contributed by atoms with van der Waals surface area (Å²) < 4.78 is 0. The van der Waals surface area contributed by atoms with Crippen molar-refractivity contribution in [2.75, 3.05) is 5.73 Å². The van der Waals surface area contributed by atoms with E-state index in [1.54, 1.807) is 0 Å². The lowest BCUT2D eigenvalue weighted by Crippen LogP contribution is -1.89. The lowest BCUT2D eigenvalue weighted by Gasteiger charge is -2.04. The molecule has 0 saturated carbocycles. The number of aryl methyl sites for hydroxylation is 2. The number of rotatable bonds is 0. The second-order valence-corrected chi connectivity index (χ2v) is 3.56. The van der Waals surface area contributed by atoms with Gasteiger partial charge in [0.2, 0.25) is 0 Å². The van der Waals surface area contributed by atoms with Crippen LogP contribution in [-0.4, -0.2) is 0 Å². The Bertz CT molecular complexity index is 458. The van der Waals surface area contributed by atoms with Crippen molar-refractivity contribution >= 4 is 16.5 Å². The zero-order chi connectivity index (χ0) is 9.42. The molecule has 0 bridgehead atoms. The second-order valence-electron chi connectivity index (χ2n) is 3.56. The minimum atomic E-state index is 0.873. The lowest BCUT2D eigenvalue weighted by molar-refractivity contribution is 1.47. The smallest absolute Gasteiger partial charge is 0.0350 e. The van der Waals surface area contributed by atoms with Gasteiger partial charge < -0.3 is 5.73 Å². The molecule has 0 unspecified atom stereocenters. The number of fused-ring (bicyclic) bond motifs is 1. The van der Waals surface area contributed by atoms with Crippen molar-refractivity contribution in [2.24, 2.45) is 0 Å². The summed E-state index contributed by atoms with van der Waals surface area (Å²) in [5.41, 5.74) is 9.13. The van der Waals surface area contributed by atoms with Gasteiger partial charge in [-0.25, -0.2) is 0 Å². The predicted molar refractivity (Wildman–Crippen MR) is 57.8 cm³/mol. The van der Waals surface area contributed by atoms with Gasteiger partial charge in [-0.05, 0) is 42.3 Å². The number of benzene rings is 2. The monoisotopic (exact) mass is 171 g/mol. The van der Waals surface area contributed by atoms with Crippen molar-refractivity contribution in [3.05, 3.63) is 41.5 Å². The highest BCUT2D eigenvalue weighted by molar-refractivity contribution is 5.87. The molecule has 0 radical (unpaired) electrons. The topological polar surface area (TPSA) is 26.0 Å². The summed E-state index contributed by atoms with van der Waals surface area (Å²) in [5, 5.41) is 2.49. The van der Waals surface area contributed by atoms with Gasteiger partial charge in [0.25, 0.3) is 0 Å². The van der Waals surface area contributed by atoms with Crippen LogP contribution >= 0.6 is 0 Å². The van der Waals surface area contributed by atoms with Crippen molar-refractivity contribution in [2.45, 2.75) is 13.8 Å². The quantitative estimate of drug-likeness (QED) is 0.606. The molecule has 0 atom stereocenters. The zero-order valence-electron chi connectivity index (χ0n) is 7.96. The molecule has 13 heavy (non-hydrogen) atoms. The van der Waals surface area contributed by atoms with Crippen LogP contribution in [0.5, 0.6) is 0 Å². The molecule has 66 valence electrons. The van der Waals surface area contributed by atoms with Crippen molar-refractivity contribution in [3.8, 4) is 0 Å². The maximum Gasteiger partial charge on any atom is 0.0350 e. The van der Waals surface area contributed by atoms with E-state index >= 15 is 0 Å². The van der Waals surface area contributed by atoms with Crippen molar-refractivity contribution in [3.63, 3.8) is 0 Å². The Kier molecular flexibility index (Phi) is 1.73. The molecule has 0 aromatic heterocycles. The Balaban J connectivity index is 2.81. The second kappa shape index (κ2) is 2.77. The Morgan fingerprint density at radius 2 is 1.69 bits per heavy atom. The number of nitrogen functional groups attached to an aromatic ring is 1. The van der Waals surface area contributed by atoms with Crippen LogP contribution in [0.4, 0.5) is 5.69 Å². The first-order chi connectivity index (χ1) is 6.16. The fourth-order valence-electron chi connectivity index (χ4n) is 1.55. The molecule has 2 N–H and O–H groups in total. The van der Waals surface area contributed by atoms with Gasteiger partial charge in [0.15, 0.2) is 0 Å². The van der Waals surface area contributed by atoms with Gasteiger partial charge in [-0.2, -0.15) is 0 Å². The number of nitrogens with two attached hydrogens (primary N) is 1. The van der Waals surface area contributed by atoms with E-state index in [9.17, 15) is 0 Å². The summed E-state index contributed by atoms with van der Waals surface area (Å²) in [6.07, 6.45) is 0. The number of hydrogen-bond donors (Lipinski definition) is 1. The van der Waals surface area contributed by atoms with E-state index in [0.29, 0.717) is 0 Å². The van der Waals surface area contributed by atoms with Gasteiger partial charge in [0.1, 0.15) is 0 Å². The molecule has 0 aliphatic carbocycles. The number of hydrogen-bond acceptors (Lipinski definition) is 1. The molecule has 2 rings (SSSR count). The minimum absolute atomic E-state index is 0.873. The Morgan fingerprint density at radius 1 is 0.923 bits per heavy atom. The molecule has 0 spiro atoms. The molecule has 1 heteroatoms. The maximum absolute atomic E-state index is 5.84. The van der Waals surface area contributed by atoms with E-state index in [0.717, 1.165) is 11.3 Å². The summed E-state index contributed by atoms with van der Waals surface area (Å²) in [6.45, 7) is 4.13. The molecule has 0 aliphatic rings. The largest absolute Gasteiger partial charge is 0.398 e. The summed E-state index contributed by atoms with van der Waals surface area (Å²) in [5.74, 6) is 0. The molecule has 0 amide bonds. The van der Waals surface area contributed by atoms with Crippen LogP contribution in [0.25, 0.3) is 10.8 Å². The third-order valence-corrected chi connectivity index (χ3v) is 2.38. The van der Waals surface area contributed by atoms with E-state index in [1.807, 2.05) is 13.0 Å². The lowest BCUT2D eigenvalue weighted by atomic mass is 10.0. The standard InChI is InChI=1S/C12H13N/c1-8-3-4-10-6-9(2)12(13)7-11(10)5-8/h3-7H,13H2,1-2H3. The molecule has 0 saturated heterocycles. The van der Waals surface area contributed by atoms with Crippen molar-refractivity contribution < 1.29 is 0 Å². The molecular weight excluding hydrogens is 158 g/mol. The van der Waals surface area contributed by atoms with Gasteiger partial charge >= 0.3 is 0 Å². The van der Waals surface area contributed by atoms with Crippen LogP contribution in [-0.2, 0) is 0 Å². The Labute approximate surface area is 78.2 Å². The first kappa shape index (κ1) is 8.11. The minimum Gasteiger partial charge on any atom is -0.398 e. The van der Waals surface area contributed by atoms with E-state index in [2.05, 4.69) is 31.2 Å². The van der Waals surface area contributed by atoms with E-state index in [-0.39, 0.29) is 0 Å². The van der Waals surface area contributed by atoms with Gasteiger partial charge in [0, 0.05) is 5.69 Å². The Morgan fingerprint density at radius 3 is 2.46 bits per heavy atom. The van der Waals surface area contributed by atoms with E-state index in [1.165, 1.54) is 16.3 Å². The van der Waals surface area contributed by atoms with Crippen LogP contribution in [0, 0.1) is 13.8 Å². The zero-order valence-corrected chi connectivity index (χ0v) is 7.96. The molecule has 0 aliphatic heterocycles. The first-order valence-corrected chi connectivity index (χ1v) is 4.43. The molecule has 0 fully saturated rings. The molecule has 2 aromatic carbocycles. The summed E-state index contributed by atoms with van der Waals surface area (Å²) in [7, 11) is 0. The highest BCUT2D eigenvalue weighted by atomic mass is 14.5. The van der Waals surface area contributed by atoms with Gasteiger partial charge in [-0.3, -0.25) is 0 Å². The van der Waals surface area contributed by atoms with Crippen LogP contribution in [0.15, 0.2) is 30.3 Å². The van der Waals surface area contributed by atoms with E-state index in [4.69, 9.17) is 5.73 Å². The summed E-state index contributed by atoms with van der Waals surface area (Å²) in [4.78, 5) is 0. The molecule has 2 aromatic rings. The van der Waals surface area contributed by atoms with Crippen molar-refractivity contribution in [1.82, 2.24) is 0 Å². The fourth-order valence-corrected chi connectivity index (χ4v) is 1.55. The SMILES string of the molecule is Cc1ccc2cc(C)c(N)cc2c1. The third-order valence-electron chi connectivity index (χ3n) is 2.38. The van der Waals surface area contributed by atoms with Gasteiger partial charge in [-0.15, -0.1) is 0 Å². The van der Waals surface area contributed by atoms with Crippen LogP contribution in [0.3, 0.4) is 0 Å². The average molecular weight is 171 g/mol. The maximum atomic E-state index is 5.84. The number of anilines is 1. The summed E-state index contributed by atoms with van der Waals surface area (Å²) in [6, 6.07) is 10.6. The third kappa shape index (κ3) is 1.37. The fraction of sp³-hybridized carbons (Fsp3) is 0.167. The predicted octanol–water partition coefficient (Wildman–Crippen LogP) is 3.04. The van der Waals surface area contributed by atoms with Crippen LogP contribution in [0.2, 0.25) is 0 Å². The Hall–Kier alpha value is -1.50. The molecule has 1 nitrogen and oxygen atoms in total. The van der Waals surface area contributed by atoms with Crippen LogP contribution < -0.4 is 5.73 Å². The average Bonchev–Trinajstić information content (AvgIpc) is 2.08. The highest BCUT2D eigenvalue weighted by Gasteiger charge is 1.97. The molecular formula is C12H13N. The summed E-state index contributed by atoms with van der Waals surface area (Å²) >= 11 is 0. The van der Waals surface area contributed by atoms with Gasteiger partial charge in [0.05, 0.1) is 0 Å². The van der Waals surface area contributed by atoms with Crippen LogP contribution in [0.1, 0.15) is 11.1 Å². The first-order valence-electron chi connectivity index (χ1n) is 4.43. The van der Waals surface area contributed by atoms with E-state index < -0.39 is 0 Å². The highest BCUT2D eigenvalue weighted by Crippen LogP contribution is 2.22. The normalized spacial score (nSPS) is 10.6. The van der Waals surface area contributed by atoms with Crippen molar-refractivity contribution in [1.29, 1.82) is 0 Å². The van der Waals surface area contributed by atoms with Gasteiger partial charge in [-0.1, -0.05) is 23.8 Å².